The van der Waals surface area contributed by atoms with E-state index in [1.807, 2.05) is 43.0 Å². The van der Waals surface area contributed by atoms with Crippen LogP contribution in [0.5, 0.6) is 0 Å². The molecule has 116 valence electrons. The molecule has 0 aromatic heterocycles. The summed E-state index contributed by atoms with van der Waals surface area (Å²) in [7, 11) is 0. The number of hydrogen-bond donors (Lipinski definition) is 0. The number of rotatable bonds is 3. The maximum absolute atomic E-state index is 12.1. The molecule has 2 rings (SSSR count). The molecule has 0 unspecified atom stereocenters. The van der Waals surface area contributed by atoms with Crippen LogP contribution in [0.2, 0.25) is 0 Å². The van der Waals surface area contributed by atoms with Gasteiger partial charge in [0, 0.05) is 38.8 Å². The van der Waals surface area contributed by atoms with Crippen molar-refractivity contribution in [2.24, 2.45) is 0 Å². The Kier molecular flexibility index (Phi) is 5.74. The average molecular weight is 297 g/mol. The van der Waals surface area contributed by atoms with Crippen LogP contribution in [0.4, 0.5) is 0 Å². The largest absolute Gasteiger partial charge is 0.338 e. The molecule has 1 aliphatic heterocycles. The second-order valence-electron chi connectivity index (χ2n) is 5.99. The zero-order valence-corrected chi connectivity index (χ0v) is 13.4. The van der Waals surface area contributed by atoms with E-state index < -0.39 is 0 Å². The molecule has 0 bridgehead atoms. The van der Waals surface area contributed by atoms with Gasteiger partial charge in [0.1, 0.15) is 0 Å². The predicted octanol–water partition coefficient (Wildman–Crippen LogP) is 2.56. The fourth-order valence-corrected chi connectivity index (χ4v) is 2.63. The molecule has 0 spiro atoms. The highest BCUT2D eigenvalue weighted by Crippen LogP contribution is 2.11. The Labute approximate surface area is 132 Å². The van der Waals surface area contributed by atoms with Gasteiger partial charge in [-0.25, -0.2) is 0 Å². The van der Waals surface area contributed by atoms with E-state index in [9.17, 15) is 4.79 Å². The molecule has 1 heterocycles. The van der Waals surface area contributed by atoms with Gasteiger partial charge >= 0.3 is 0 Å². The number of nitrogens with zero attached hydrogens (tertiary/aromatic N) is 3. The number of amides is 1. The predicted molar refractivity (Wildman–Crippen MR) is 87.1 cm³/mol. The van der Waals surface area contributed by atoms with Crippen LogP contribution in [0.25, 0.3) is 0 Å². The Balaban J connectivity index is 1.91. The highest BCUT2D eigenvalue weighted by molar-refractivity contribution is 5.88. The third-order valence-corrected chi connectivity index (χ3v) is 3.80. The van der Waals surface area contributed by atoms with E-state index in [4.69, 9.17) is 5.26 Å². The highest BCUT2D eigenvalue weighted by atomic mass is 16.2. The molecular weight excluding hydrogens is 274 g/mol. The van der Waals surface area contributed by atoms with Crippen LogP contribution in [0.1, 0.15) is 31.4 Å². The quantitative estimate of drug-likeness (QED) is 0.806. The topological polar surface area (TPSA) is 47.3 Å². The molecule has 0 N–H and O–H groups in total. The first-order valence-electron chi connectivity index (χ1n) is 7.73. The van der Waals surface area contributed by atoms with Gasteiger partial charge in [0.25, 0.3) is 0 Å². The van der Waals surface area contributed by atoms with Gasteiger partial charge in [-0.15, -0.1) is 0 Å². The summed E-state index contributed by atoms with van der Waals surface area (Å²) in [4.78, 5) is 16.4. The maximum atomic E-state index is 12.1. The van der Waals surface area contributed by atoms with E-state index in [0.717, 1.165) is 44.7 Å². The van der Waals surface area contributed by atoms with Crippen LogP contribution in [0.15, 0.2) is 35.9 Å². The van der Waals surface area contributed by atoms with Crippen LogP contribution < -0.4 is 0 Å². The Bertz CT molecular complexity index is 579. The number of nitriles is 1. The molecule has 0 aliphatic carbocycles. The van der Waals surface area contributed by atoms with E-state index in [0.29, 0.717) is 5.56 Å². The van der Waals surface area contributed by atoms with Crippen molar-refractivity contribution in [3.63, 3.8) is 0 Å². The van der Waals surface area contributed by atoms with Crippen molar-refractivity contribution in [2.75, 3.05) is 26.2 Å². The highest BCUT2D eigenvalue weighted by Gasteiger charge is 2.17. The summed E-state index contributed by atoms with van der Waals surface area (Å²) >= 11 is 0. The zero-order chi connectivity index (χ0) is 15.9. The molecule has 22 heavy (non-hydrogen) atoms. The zero-order valence-electron chi connectivity index (χ0n) is 13.4. The molecule has 0 atom stereocenters. The van der Waals surface area contributed by atoms with Gasteiger partial charge in [-0.1, -0.05) is 17.7 Å². The van der Waals surface area contributed by atoms with Crippen molar-refractivity contribution in [3.05, 3.63) is 47.0 Å². The van der Waals surface area contributed by atoms with Crippen LogP contribution in [-0.4, -0.2) is 41.9 Å². The Hall–Kier alpha value is -2.12. The first-order chi connectivity index (χ1) is 10.6. The SMILES string of the molecule is CC(C)=CC(=O)N1CCCN(Cc2ccc(C#N)cc2)CC1. The minimum absolute atomic E-state index is 0.125. The summed E-state index contributed by atoms with van der Waals surface area (Å²) in [5, 5.41) is 8.83. The van der Waals surface area contributed by atoms with Crippen molar-refractivity contribution in [1.82, 2.24) is 9.80 Å². The lowest BCUT2D eigenvalue weighted by Crippen LogP contribution is -2.34. The van der Waals surface area contributed by atoms with Gasteiger partial charge in [-0.05, 0) is 38.0 Å². The third kappa shape index (κ3) is 4.71. The van der Waals surface area contributed by atoms with Crippen LogP contribution in [0.3, 0.4) is 0 Å². The third-order valence-electron chi connectivity index (χ3n) is 3.80. The van der Waals surface area contributed by atoms with E-state index in [-0.39, 0.29) is 5.91 Å². The normalized spacial score (nSPS) is 15.8. The number of benzene rings is 1. The monoisotopic (exact) mass is 297 g/mol. The molecule has 4 nitrogen and oxygen atoms in total. The van der Waals surface area contributed by atoms with Gasteiger partial charge in [0.15, 0.2) is 0 Å². The maximum Gasteiger partial charge on any atom is 0.246 e. The van der Waals surface area contributed by atoms with Gasteiger partial charge in [0.2, 0.25) is 5.91 Å². The van der Waals surface area contributed by atoms with Crippen molar-refractivity contribution < 1.29 is 4.79 Å². The van der Waals surface area contributed by atoms with Crippen LogP contribution >= 0.6 is 0 Å². The second kappa shape index (κ2) is 7.77. The molecular formula is C18H23N3O. The summed E-state index contributed by atoms with van der Waals surface area (Å²) in [5.41, 5.74) is 2.95. The summed E-state index contributed by atoms with van der Waals surface area (Å²) < 4.78 is 0. The van der Waals surface area contributed by atoms with Crippen molar-refractivity contribution >= 4 is 5.91 Å². The molecule has 1 aromatic rings. The molecule has 1 aliphatic rings. The Morgan fingerprint density at radius 3 is 2.55 bits per heavy atom. The molecule has 1 fully saturated rings. The van der Waals surface area contributed by atoms with Gasteiger partial charge in [0.05, 0.1) is 11.6 Å². The number of hydrogen-bond acceptors (Lipinski definition) is 3. The minimum Gasteiger partial charge on any atom is -0.338 e. The molecule has 1 aromatic carbocycles. The summed E-state index contributed by atoms with van der Waals surface area (Å²) in [6.07, 6.45) is 2.72. The lowest BCUT2D eigenvalue weighted by Gasteiger charge is -2.21. The summed E-state index contributed by atoms with van der Waals surface area (Å²) in [6, 6.07) is 9.88. The van der Waals surface area contributed by atoms with E-state index in [1.165, 1.54) is 5.56 Å². The summed E-state index contributed by atoms with van der Waals surface area (Å²) in [6.45, 7) is 8.27. The average Bonchev–Trinajstić information content (AvgIpc) is 2.73. The van der Waals surface area contributed by atoms with Crippen molar-refractivity contribution in [3.8, 4) is 6.07 Å². The molecule has 4 heteroatoms. The van der Waals surface area contributed by atoms with Crippen LogP contribution in [0, 0.1) is 11.3 Å². The first-order valence-corrected chi connectivity index (χ1v) is 7.73. The lowest BCUT2D eigenvalue weighted by atomic mass is 10.1. The van der Waals surface area contributed by atoms with E-state index in [2.05, 4.69) is 11.0 Å². The Morgan fingerprint density at radius 2 is 1.91 bits per heavy atom. The Morgan fingerprint density at radius 1 is 1.18 bits per heavy atom. The number of allylic oxidation sites excluding steroid dienone is 1. The number of carbonyl (C=O) groups excluding carboxylic acids is 1. The van der Waals surface area contributed by atoms with Crippen LogP contribution in [-0.2, 0) is 11.3 Å². The fraction of sp³-hybridized carbons (Fsp3) is 0.444. The standard InChI is InChI=1S/C18H23N3O/c1-15(2)12-18(22)21-9-3-8-20(10-11-21)14-17-6-4-16(13-19)5-7-17/h4-7,12H,3,8-11,14H2,1-2H3. The summed E-state index contributed by atoms with van der Waals surface area (Å²) in [5.74, 6) is 0.125. The minimum atomic E-state index is 0.125. The second-order valence-corrected chi connectivity index (χ2v) is 5.99. The molecule has 0 radical (unpaired) electrons. The first kappa shape index (κ1) is 16.3. The fourth-order valence-electron chi connectivity index (χ4n) is 2.63. The smallest absolute Gasteiger partial charge is 0.246 e. The van der Waals surface area contributed by atoms with Gasteiger partial charge in [-0.2, -0.15) is 5.26 Å². The van der Waals surface area contributed by atoms with Gasteiger partial charge in [-0.3, -0.25) is 9.69 Å². The molecule has 1 amide bonds. The van der Waals surface area contributed by atoms with E-state index >= 15 is 0 Å². The van der Waals surface area contributed by atoms with Crippen molar-refractivity contribution in [1.29, 1.82) is 5.26 Å². The van der Waals surface area contributed by atoms with Gasteiger partial charge < -0.3 is 4.90 Å². The number of carbonyl (C=O) groups is 1. The lowest BCUT2D eigenvalue weighted by molar-refractivity contribution is -0.125. The molecule has 1 saturated heterocycles. The molecule has 0 saturated carbocycles. The van der Waals surface area contributed by atoms with E-state index in [1.54, 1.807) is 6.08 Å². The van der Waals surface area contributed by atoms with Crippen molar-refractivity contribution in [2.45, 2.75) is 26.8 Å².